The maximum Gasteiger partial charge on any atom is 0.139 e. The summed E-state index contributed by atoms with van der Waals surface area (Å²) in [6, 6.07) is 0. The summed E-state index contributed by atoms with van der Waals surface area (Å²) < 4.78 is 6.12. The Balaban J connectivity index is 1.55. The van der Waals surface area contributed by atoms with Crippen LogP contribution >= 0.6 is 0 Å². The van der Waals surface area contributed by atoms with Gasteiger partial charge >= 0.3 is 0 Å². The molecule has 1 spiro atoms. The number of hydrogen-bond acceptors (Lipinski definition) is 2. The number of carbonyl (C=O) groups is 1. The highest BCUT2D eigenvalue weighted by molar-refractivity contribution is 5.89. The Morgan fingerprint density at radius 2 is 2.05 bits per heavy atom. The first kappa shape index (κ1) is 12.2. The quantitative estimate of drug-likeness (QED) is 0.772. The molecule has 0 aromatic heterocycles. The van der Waals surface area contributed by atoms with Crippen LogP contribution in [0, 0.1) is 46.3 Å². The molecule has 2 heteroatoms. The first-order chi connectivity index (χ1) is 9.59. The maximum atomic E-state index is 12.4. The number of carbonyl (C=O) groups excluding carboxylic acids is 1. The zero-order chi connectivity index (χ0) is 13.9. The lowest BCUT2D eigenvalue weighted by Crippen LogP contribution is -2.85. The fraction of sp³-hybridized carbons (Fsp3) is 0.944. The van der Waals surface area contributed by atoms with Crippen LogP contribution in [0.4, 0.5) is 0 Å². The summed E-state index contributed by atoms with van der Waals surface area (Å²) in [5.74, 6) is 5.34. The van der Waals surface area contributed by atoms with Crippen molar-refractivity contribution in [3.63, 3.8) is 0 Å². The molecule has 0 N–H and O–H groups in total. The van der Waals surface area contributed by atoms with Crippen LogP contribution in [0.15, 0.2) is 0 Å². The van der Waals surface area contributed by atoms with Gasteiger partial charge in [0.1, 0.15) is 5.78 Å². The third-order valence-corrected chi connectivity index (χ3v) is 8.58. The molecule has 1 aliphatic heterocycles. The van der Waals surface area contributed by atoms with Crippen molar-refractivity contribution in [1.29, 1.82) is 0 Å². The SMILES string of the molecule is CCC[C@H]1[C@H]2[C@H]3[C@H]([C@@H]4CCC(=O)[C@]34C)[C@@]23[C@@H]1CO[C@@H]3C. The Morgan fingerprint density at radius 3 is 2.80 bits per heavy atom. The third kappa shape index (κ3) is 0.875. The molecule has 2 nitrogen and oxygen atoms in total. The summed E-state index contributed by atoms with van der Waals surface area (Å²) in [6.07, 6.45) is 5.11. The van der Waals surface area contributed by atoms with Gasteiger partial charge in [0.25, 0.3) is 0 Å². The monoisotopic (exact) mass is 274 g/mol. The van der Waals surface area contributed by atoms with Crippen molar-refractivity contribution < 1.29 is 9.53 Å². The standard InChI is InChI=1S/C18H26O2/c1-4-5-10-12-8-20-9(2)18(12)14(10)16-15(18)11-6-7-13(19)17(11,16)3/h9-12,14-16H,4-8H2,1-3H3/t9-,10-,11+,12-,14+,15+,16+,17-,18+/m1/s1. The van der Waals surface area contributed by atoms with Crippen LogP contribution < -0.4 is 0 Å². The predicted octanol–water partition coefficient (Wildman–Crippen LogP) is 3.30. The minimum absolute atomic E-state index is 0.0693. The van der Waals surface area contributed by atoms with E-state index in [1.54, 1.807) is 0 Å². The fourth-order valence-corrected chi connectivity index (χ4v) is 8.08. The van der Waals surface area contributed by atoms with E-state index in [4.69, 9.17) is 4.74 Å². The fourth-order valence-electron chi connectivity index (χ4n) is 8.08. The molecule has 0 bridgehead atoms. The van der Waals surface area contributed by atoms with E-state index in [0.29, 0.717) is 23.2 Å². The summed E-state index contributed by atoms with van der Waals surface area (Å²) in [4.78, 5) is 12.4. The molecule has 0 unspecified atom stereocenters. The summed E-state index contributed by atoms with van der Waals surface area (Å²) in [5, 5.41) is 0. The normalized spacial score (nSPS) is 65.3. The van der Waals surface area contributed by atoms with E-state index in [1.165, 1.54) is 19.3 Å². The lowest BCUT2D eigenvalue weighted by atomic mass is 9.17. The van der Waals surface area contributed by atoms with Gasteiger partial charge in [-0.15, -0.1) is 0 Å². The van der Waals surface area contributed by atoms with Gasteiger partial charge < -0.3 is 4.74 Å². The summed E-state index contributed by atoms with van der Waals surface area (Å²) in [7, 11) is 0. The molecule has 4 saturated carbocycles. The minimum atomic E-state index is 0.0693. The second-order valence-corrected chi connectivity index (χ2v) is 8.46. The molecule has 1 heterocycles. The van der Waals surface area contributed by atoms with Crippen LogP contribution in [0.5, 0.6) is 0 Å². The highest BCUT2D eigenvalue weighted by Gasteiger charge is 2.89. The molecule has 20 heavy (non-hydrogen) atoms. The van der Waals surface area contributed by atoms with Crippen molar-refractivity contribution in [2.45, 2.75) is 52.6 Å². The van der Waals surface area contributed by atoms with Gasteiger partial charge in [0.05, 0.1) is 12.7 Å². The number of rotatable bonds is 2. The average molecular weight is 274 g/mol. The Kier molecular flexibility index (Phi) is 2.04. The molecule has 5 aliphatic rings. The topological polar surface area (TPSA) is 26.3 Å². The molecular weight excluding hydrogens is 248 g/mol. The number of Topliss-reactive ketones (excluding diaryl/α,β-unsaturated/α-hetero) is 1. The summed E-state index contributed by atoms with van der Waals surface area (Å²) in [5.41, 5.74) is 0.569. The maximum absolute atomic E-state index is 12.4. The van der Waals surface area contributed by atoms with Crippen molar-refractivity contribution in [2.75, 3.05) is 6.61 Å². The first-order valence-corrected chi connectivity index (χ1v) is 8.74. The molecule has 0 radical (unpaired) electrons. The smallest absolute Gasteiger partial charge is 0.139 e. The molecule has 5 rings (SSSR count). The average Bonchev–Trinajstić information content (AvgIpc) is 2.84. The van der Waals surface area contributed by atoms with E-state index in [9.17, 15) is 4.79 Å². The van der Waals surface area contributed by atoms with Crippen LogP contribution in [0.1, 0.15) is 46.5 Å². The number of fused-ring (bicyclic) bond motifs is 5. The molecular formula is C18H26O2. The highest BCUT2D eigenvalue weighted by Crippen LogP contribution is 2.89. The lowest BCUT2D eigenvalue weighted by Gasteiger charge is -2.85. The molecule has 110 valence electrons. The van der Waals surface area contributed by atoms with Gasteiger partial charge in [-0.1, -0.05) is 26.7 Å². The number of ketones is 1. The highest BCUT2D eigenvalue weighted by atomic mass is 16.5. The zero-order valence-electron chi connectivity index (χ0n) is 12.9. The van der Waals surface area contributed by atoms with Gasteiger partial charge in [0, 0.05) is 17.3 Å². The predicted molar refractivity (Wildman–Crippen MR) is 76.0 cm³/mol. The molecule has 0 aromatic carbocycles. The van der Waals surface area contributed by atoms with Crippen molar-refractivity contribution >= 4 is 5.78 Å². The van der Waals surface area contributed by atoms with Gasteiger partial charge in [-0.05, 0) is 48.9 Å². The third-order valence-electron chi connectivity index (χ3n) is 8.58. The first-order valence-electron chi connectivity index (χ1n) is 8.74. The molecule has 0 amide bonds. The van der Waals surface area contributed by atoms with Crippen molar-refractivity contribution in [2.24, 2.45) is 46.3 Å². The Hall–Kier alpha value is -0.370. The molecule has 9 atom stereocenters. The van der Waals surface area contributed by atoms with Gasteiger partial charge in [0.15, 0.2) is 0 Å². The molecule has 5 fully saturated rings. The molecule has 4 aliphatic carbocycles. The van der Waals surface area contributed by atoms with Crippen LogP contribution in [-0.2, 0) is 9.53 Å². The zero-order valence-corrected chi connectivity index (χ0v) is 12.9. The Labute approximate surface area is 121 Å². The van der Waals surface area contributed by atoms with E-state index in [-0.39, 0.29) is 5.41 Å². The van der Waals surface area contributed by atoms with Crippen molar-refractivity contribution in [3.8, 4) is 0 Å². The van der Waals surface area contributed by atoms with Crippen molar-refractivity contribution in [3.05, 3.63) is 0 Å². The Morgan fingerprint density at radius 1 is 1.25 bits per heavy atom. The largest absolute Gasteiger partial charge is 0.378 e. The van der Waals surface area contributed by atoms with E-state index < -0.39 is 0 Å². The van der Waals surface area contributed by atoms with Crippen LogP contribution in [0.3, 0.4) is 0 Å². The van der Waals surface area contributed by atoms with Gasteiger partial charge in [0.2, 0.25) is 0 Å². The number of ether oxygens (including phenoxy) is 1. The number of hydrogen-bond donors (Lipinski definition) is 0. The van der Waals surface area contributed by atoms with E-state index in [1.807, 2.05) is 0 Å². The second kappa shape index (κ2) is 3.34. The summed E-state index contributed by atoms with van der Waals surface area (Å²) in [6.45, 7) is 7.93. The van der Waals surface area contributed by atoms with E-state index >= 15 is 0 Å². The summed E-state index contributed by atoms with van der Waals surface area (Å²) >= 11 is 0. The Bertz CT molecular complexity index is 500. The van der Waals surface area contributed by atoms with Gasteiger partial charge in [-0.3, -0.25) is 4.79 Å². The molecule has 0 aromatic rings. The molecule has 1 saturated heterocycles. The van der Waals surface area contributed by atoms with E-state index in [0.717, 1.165) is 42.6 Å². The van der Waals surface area contributed by atoms with Crippen LogP contribution in [0.25, 0.3) is 0 Å². The second-order valence-electron chi connectivity index (χ2n) is 8.46. The van der Waals surface area contributed by atoms with Gasteiger partial charge in [-0.25, -0.2) is 0 Å². The van der Waals surface area contributed by atoms with Crippen molar-refractivity contribution in [1.82, 2.24) is 0 Å². The van der Waals surface area contributed by atoms with E-state index in [2.05, 4.69) is 20.8 Å². The van der Waals surface area contributed by atoms with Crippen LogP contribution in [0.2, 0.25) is 0 Å². The minimum Gasteiger partial charge on any atom is -0.378 e. The lowest BCUT2D eigenvalue weighted by molar-refractivity contribution is -0.385. The van der Waals surface area contributed by atoms with Gasteiger partial charge in [-0.2, -0.15) is 0 Å². The van der Waals surface area contributed by atoms with Crippen LogP contribution in [-0.4, -0.2) is 18.5 Å².